The predicted octanol–water partition coefficient (Wildman–Crippen LogP) is 1.90. The second-order valence-corrected chi connectivity index (χ2v) is 5.09. The molecule has 0 saturated heterocycles. The van der Waals surface area contributed by atoms with Gasteiger partial charge in [-0.3, -0.25) is 0 Å². The lowest BCUT2D eigenvalue weighted by Gasteiger charge is -2.31. The minimum atomic E-state index is -0.545. The van der Waals surface area contributed by atoms with Gasteiger partial charge in [0.2, 0.25) is 0 Å². The number of nitrogens with zero attached hydrogens (tertiary/aromatic N) is 1. The van der Waals surface area contributed by atoms with Gasteiger partial charge in [0.1, 0.15) is 23.6 Å². The molecule has 0 saturated carbocycles. The van der Waals surface area contributed by atoms with Gasteiger partial charge in [0.05, 0.1) is 12.0 Å². The van der Waals surface area contributed by atoms with Crippen LogP contribution >= 0.6 is 11.3 Å². The standard InChI is InChI=1S/C11H10N2O2S/c12-6-8-7-1-2-11(14-3-4-15-11)5-9(7)16-10(8)13/h3-4H,1-2,5,13H2. The monoisotopic (exact) mass is 234 g/mol. The predicted molar refractivity (Wildman–Crippen MR) is 59.5 cm³/mol. The Morgan fingerprint density at radius 3 is 2.88 bits per heavy atom. The number of nitrogens with two attached hydrogens (primary N) is 1. The Bertz CT molecular complexity index is 505. The minimum absolute atomic E-state index is 0.545. The first-order valence-corrected chi connectivity index (χ1v) is 5.86. The lowest BCUT2D eigenvalue weighted by Crippen LogP contribution is -2.36. The average molecular weight is 234 g/mol. The van der Waals surface area contributed by atoms with Gasteiger partial charge in [-0.25, -0.2) is 0 Å². The third-order valence-electron chi connectivity index (χ3n) is 3.04. The molecule has 0 aromatic carbocycles. The van der Waals surface area contributed by atoms with Crippen LogP contribution in [0.4, 0.5) is 5.00 Å². The number of thiophene rings is 1. The highest BCUT2D eigenvalue weighted by Crippen LogP contribution is 2.42. The number of hydrogen-bond acceptors (Lipinski definition) is 5. The van der Waals surface area contributed by atoms with Gasteiger partial charge in [0.25, 0.3) is 5.79 Å². The summed E-state index contributed by atoms with van der Waals surface area (Å²) in [6, 6.07) is 2.17. The molecule has 82 valence electrons. The van der Waals surface area contributed by atoms with Gasteiger partial charge in [-0.1, -0.05) is 0 Å². The van der Waals surface area contributed by atoms with Gasteiger partial charge in [0, 0.05) is 11.3 Å². The normalized spacial score (nSPS) is 19.9. The summed E-state index contributed by atoms with van der Waals surface area (Å²) in [4.78, 5) is 1.11. The first kappa shape index (κ1) is 9.55. The molecule has 1 aromatic heterocycles. The van der Waals surface area contributed by atoms with Crippen LogP contribution in [-0.2, 0) is 22.3 Å². The smallest absolute Gasteiger partial charge is 0.254 e. The molecule has 4 nitrogen and oxygen atoms in total. The fraction of sp³-hybridized carbons (Fsp3) is 0.364. The van der Waals surface area contributed by atoms with Crippen LogP contribution in [0.15, 0.2) is 12.5 Å². The summed E-state index contributed by atoms with van der Waals surface area (Å²) in [6.07, 6.45) is 5.37. The van der Waals surface area contributed by atoms with E-state index in [-0.39, 0.29) is 0 Å². The van der Waals surface area contributed by atoms with E-state index < -0.39 is 5.79 Å². The number of hydrogen-bond donors (Lipinski definition) is 1. The van der Waals surface area contributed by atoms with Crippen molar-refractivity contribution in [1.82, 2.24) is 0 Å². The van der Waals surface area contributed by atoms with Crippen LogP contribution < -0.4 is 5.73 Å². The Balaban J connectivity index is 1.99. The van der Waals surface area contributed by atoms with E-state index >= 15 is 0 Å². The average Bonchev–Trinajstić information content (AvgIpc) is 2.82. The van der Waals surface area contributed by atoms with Crippen LogP contribution in [-0.4, -0.2) is 5.79 Å². The fourth-order valence-electron chi connectivity index (χ4n) is 2.24. The van der Waals surface area contributed by atoms with E-state index in [2.05, 4.69) is 6.07 Å². The van der Waals surface area contributed by atoms with Crippen molar-refractivity contribution < 1.29 is 9.47 Å². The molecule has 0 unspecified atom stereocenters. The number of rotatable bonds is 0. The zero-order valence-corrected chi connectivity index (χ0v) is 9.34. The molecule has 2 aliphatic rings. The van der Waals surface area contributed by atoms with Gasteiger partial charge in [-0.15, -0.1) is 11.3 Å². The largest absolute Gasteiger partial charge is 0.456 e. The van der Waals surface area contributed by atoms with Crippen LogP contribution in [0.3, 0.4) is 0 Å². The summed E-state index contributed by atoms with van der Waals surface area (Å²) in [5.41, 5.74) is 7.54. The lowest BCUT2D eigenvalue weighted by atomic mass is 9.91. The third kappa shape index (κ3) is 1.20. The molecule has 1 aliphatic carbocycles. The first-order chi connectivity index (χ1) is 7.74. The Kier molecular flexibility index (Phi) is 1.88. The highest BCUT2D eigenvalue weighted by atomic mass is 32.1. The Labute approximate surface area is 96.9 Å². The molecule has 1 aliphatic heterocycles. The van der Waals surface area contributed by atoms with E-state index in [0.29, 0.717) is 17.0 Å². The van der Waals surface area contributed by atoms with E-state index in [0.717, 1.165) is 23.3 Å². The molecule has 0 bridgehead atoms. The highest BCUT2D eigenvalue weighted by molar-refractivity contribution is 7.16. The van der Waals surface area contributed by atoms with Crippen molar-refractivity contribution in [3.8, 4) is 6.07 Å². The molecule has 0 atom stereocenters. The van der Waals surface area contributed by atoms with Crippen molar-refractivity contribution in [2.24, 2.45) is 0 Å². The first-order valence-electron chi connectivity index (χ1n) is 5.05. The van der Waals surface area contributed by atoms with Crippen LogP contribution in [0.25, 0.3) is 0 Å². The van der Waals surface area contributed by atoms with Crippen molar-refractivity contribution >= 4 is 16.3 Å². The molecule has 16 heavy (non-hydrogen) atoms. The van der Waals surface area contributed by atoms with Crippen LogP contribution in [0, 0.1) is 11.3 Å². The second-order valence-electron chi connectivity index (χ2n) is 3.95. The Morgan fingerprint density at radius 1 is 1.44 bits per heavy atom. The summed E-state index contributed by atoms with van der Waals surface area (Å²) in [5.74, 6) is -0.545. The zero-order chi connectivity index (χ0) is 11.2. The summed E-state index contributed by atoms with van der Waals surface area (Å²) in [7, 11) is 0. The van der Waals surface area contributed by atoms with Gasteiger partial charge in [-0.05, 0) is 12.0 Å². The molecule has 2 N–H and O–H groups in total. The van der Waals surface area contributed by atoms with Crippen molar-refractivity contribution in [2.45, 2.75) is 25.0 Å². The van der Waals surface area contributed by atoms with Gasteiger partial charge in [0.15, 0.2) is 0 Å². The number of fused-ring (bicyclic) bond motifs is 1. The van der Waals surface area contributed by atoms with E-state index in [9.17, 15) is 0 Å². The summed E-state index contributed by atoms with van der Waals surface area (Å²) in [5, 5.41) is 9.63. The Morgan fingerprint density at radius 2 is 2.19 bits per heavy atom. The third-order valence-corrected chi connectivity index (χ3v) is 4.10. The number of anilines is 1. The zero-order valence-electron chi connectivity index (χ0n) is 8.53. The molecule has 5 heteroatoms. The van der Waals surface area contributed by atoms with Crippen molar-refractivity contribution in [2.75, 3.05) is 5.73 Å². The maximum absolute atomic E-state index is 9.02. The molecular formula is C11H10N2O2S. The lowest BCUT2D eigenvalue weighted by molar-refractivity contribution is -0.147. The maximum atomic E-state index is 9.02. The molecular weight excluding hydrogens is 224 g/mol. The van der Waals surface area contributed by atoms with E-state index in [1.165, 1.54) is 11.3 Å². The van der Waals surface area contributed by atoms with Crippen molar-refractivity contribution in [1.29, 1.82) is 5.26 Å². The maximum Gasteiger partial charge on any atom is 0.254 e. The van der Waals surface area contributed by atoms with Crippen molar-refractivity contribution in [3.05, 3.63) is 28.5 Å². The summed E-state index contributed by atoms with van der Waals surface area (Å²) in [6.45, 7) is 0. The molecule has 0 amide bonds. The molecule has 0 radical (unpaired) electrons. The van der Waals surface area contributed by atoms with Gasteiger partial charge < -0.3 is 15.2 Å². The number of ether oxygens (including phenoxy) is 2. The molecule has 2 heterocycles. The van der Waals surface area contributed by atoms with Crippen LogP contribution in [0.1, 0.15) is 22.4 Å². The van der Waals surface area contributed by atoms with Crippen LogP contribution in [0.5, 0.6) is 0 Å². The number of nitrogen functional groups attached to an aromatic ring is 1. The molecule has 3 rings (SSSR count). The Hall–Kier alpha value is -1.67. The summed E-state index contributed by atoms with van der Waals surface area (Å²) >= 11 is 1.47. The molecule has 1 spiro atoms. The van der Waals surface area contributed by atoms with Crippen LogP contribution in [0.2, 0.25) is 0 Å². The SMILES string of the molecule is N#Cc1c(N)sc2c1CCC1(C2)OC=CO1. The molecule has 1 aromatic rings. The topological polar surface area (TPSA) is 68.3 Å². The second kappa shape index (κ2) is 3.16. The van der Waals surface area contributed by atoms with E-state index in [4.69, 9.17) is 20.5 Å². The van der Waals surface area contributed by atoms with E-state index in [1.54, 1.807) is 12.5 Å². The van der Waals surface area contributed by atoms with Gasteiger partial charge >= 0.3 is 0 Å². The van der Waals surface area contributed by atoms with E-state index in [1.807, 2.05) is 0 Å². The highest BCUT2D eigenvalue weighted by Gasteiger charge is 2.41. The minimum Gasteiger partial charge on any atom is -0.456 e. The van der Waals surface area contributed by atoms with Crippen molar-refractivity contribution in [3.63, 3.8) is 0 Å². The quantitative estimate of drug-likeness (QED) is 0.744. The number of nitriles is 1. The fourth-order valence-corrected chi connectivity index (χ4v) is 3.40. The molecule has 0 fully saturated rings. The van der Waals surface area contributed by atoms with Gasteiger partial charge in [-0.2, -0.15) is 5.26 Å². The summed E-state index contributed by atoms with van der Waals surface area (Å²) < 4.78 is 11.0.